The first-order chi connectivity index (χ1) is 11.0. The number of nitrogens with one attached hydrogen (secondary N) is 2. The molecule has 2 aromatic rings. The summed E-state index contributed by atoms with van der Waals surface area (Å²) in [6.07, 6.45) is 3.08. The van der Waals surface area contributed by atoms with Crippen molar-refractivity contribution in [3.63, 3.8) is 0 Å². The molecule has 0 saturated heterocycles. The predicted molar refractivity (Wildman–Crippen MR) is 89.5 cm³/mol. The van der Waals surface area contributed by atoms with E-state index in [1.165, 1.54) is 6.20 Å². The van der Waals surface area contributed by atoms with Gasteiger partial charge in [0.25, 0.3) is 5.91 Å². The minimum absolute atomic E-state index is 0.0654. The lowest BCUT2D eigenvalue weighted by Crippen LogP contribution is -2.21. The molecular weight excluding hydrogens is 316 g/mol. The van der Waals surface area contributed by atoms with Crippen LogP contribution in [0.15, 0.2) is 53.9 Å². The molecule has 0 aliphatic carbocycles. The van der Waals surface area contributed by atoms with Crippen LogP contribution < -0.4 is 10.7 Å². The van der Waals surface area contributed by atoms with E-state index in [2.05, 4.69) is 20.8 Å². The van der Waals surface area contributed by atoms with E-state index in [-0.39, 0.29) is 18.2 Å². The summed E-state index contributed by atoms with van der Waals surface area (Å²) in [6, 6.07) is 10.1. The van der Waals surface area contributed by atoms with E-state index in [0.29, 0.717) is 22.0 Å². The summed E-state index contributed by atoms with van der Waals surface area (Å²) in [4.78, 5) is 27.5. The van der Waals surface area contributed by atoms with Crippen LogP contribution in [-0.4, -0.2) is 22.5 Å². The molecule has 0 radical (unpaired) electrons. The number of carbonyl (C=O) groups excluding carboxylic acids is 2. The van der Waals surface area contributed by atoms with E-state index >= 15 is 0 Å². The van der Waals surface area contributed by atoms with Gasteiger partial charge in [-0.05, 0) is 43.3 Å². The zero-order valence-electron chi connectivity index (χ0n) is 12.4. The summed E-state index contributed by atoms with van der Waals surface area (Å²) in [5.41, 5.74) is 3.91. The Labute approximate surface area is 138 Å². The first-order valence-corrected chi connectivity index (χ1v) is 7.21. The van der Waals surface area contributed by atoms with Crippen LogP contribution in [0.1, 0.15) is 23.7 Å². The highest BCUT2D eigenvalue weighted by molar-refractivity contribution is 6.30. The van der Waals surface area contributed by atoms with Crippen molar-refractivity contribution in [2.24, 2.45) is 5.10 Å². The molecule has 1 heterocycles. The summed E-state index contributed by atoms with van der Waals surface area (Å²) in [5, 5.41) is 7.22. The van der Waals surface area contributed by atoms with Crippen LogP contribution in [0.25, 0.3) is 0 Å². The normalized spacial score (nSPS) is 11.0. The van der Waals surface area contributed by atoms with Gasteiger partial charge in [-0.1, -0.05) is 11.6 Å². The maximum atomic E-state index is 11.9. The van der Waals surface area contributed by atoms with Crippen molar-refractivity contribution in [3.05, 3.63) is 59.4 Å². The monoisotopic (exact) mass is 330 g/mol. The number of hydrazone groups is 1. The van der Waals surface area contributed by atoms with E-state index in [0.717, 1.165) is 0 Å². The smallest absolute Gasteiger partial charge is 0.272 e. The van der Waals surface area contributed by atoms with Gasteiger partial charge in [-0.3, -0.25) is 14.6 Å². The van der Waals surface area contributed by atoms with Crippen LogP contribution in [0.4, 0.5) is 5.69 Å². The molecule has 23 heavy (non-hydrogen) atoms. The molecule has 0 unspecified atom stereocenters. The van der Waals surface area contributed by atoms with Crippen LogP contribution in [0.3, 0.4) is 0 Å². The molecule has 2 N–H and O–H groups in total. The second-order valence-corrected chi connectivity index (χ2v) is 5.20. The lowest BCUT2D eigenvalue weighted by molar-refractivity contribution is -0.115. The number of rotatable bonds is 5. The Morgan fingerprint density at radius 1 is 1.22 bits per heavy atom. The topological polar surface area (TPSA) is 83.5 Å². The standard InChI is InChI=1S/C16H15ClN4O2/c1-11(20-21-16(23)12-3-2-8-18-10-12)9-15(22)19-14-6-4-13(17)5-7-14/h2-8,10H,9H2,1H3,(H,19,22)(H,21,23). The van der Waals surface area contributed by atoms with Gasteiger partial charge in [-0.2, -0.15) is 5.10 Å². The number of halogens is 1. The molecule has 0 atom stereocenters. The Hall–Kier alpha value is -2.73. The first kappa shape index (κ1) is 16.6. The maximum Gasteiger partial charge on any atom is 0.272 e. The number of amides is 2. The Balaban J connectivity index is 1.85. The van der Waals surface area contributed by atoms with Gasteiger partial charge < -0.3 is 5.32 Å². The second kappa shape index (κ2) is 8.05. The van der Waals surface area contributed by atoms with Gasteiger partial charge in [-0.25, -0.2) is 5.43 Å². The van der Waals surface area contributed by atoms with Crippen molar-refractivity contribution in [3.8, 4) is 0 Å². The van der Waals surface area contributed by atoms with E-state index in [4.69, 9.17) is 11.6 Å². The summed E-state index contributed by atoms with van der Waals surface area (Å²) < 4.78 is 0. The van der Waals surface area contributed by atoms with Crippen LogP contribution in [0.2, 0.25) is 5.02 Å². The zero-order valence-corrected chi connectivity index (χ0v) is 13.2. The molecule has 7 heteroatoms. The van der Waals surface area contributed by atoms with Gasteiger partial charge in [0, 0.05) is 28.8 Å². The number of hydrogen-bond donors (Lipinski definition) is 2. The lowest BCUT2D eigenvalue weighted by atomic mass is 10.2. The molecule has 0 aliphatic heterocycles. The van der Waals surface area contributed by atoms with E-state index < -0.39 is 0 Å². The zero-order chi connectivity index (χ0) is 16.7. The minimum Gasteiger partial charge on any atom is -0.326 e. The summed E-state index contributed by atoms with van der Waals surface area (Å²) >= 11 is 5.78. The molecule has 1 aromatic heterocycles. The fraction of sp³-hybridized carbons (Fsp3) is 0.125. The number of carbonyl (C=O) groups is 2. The molecule has 2 rings (SSSR count). The molecule has 6 nitrogen and oxygen atoms in total. The number of benzene rings is 1. The molecule has 0 aliphatic rings. The fourth-order valence-corrected chi connectivity index (χ4v) is 1.84. The van der Waals surface area contributed by atoms with Crippen molar-refractivity contribution in [2.75, 3.05) is 5.32 Å². The van der Waals surface area contributed by atoms with Gasteiger partial charge >= 0.3 is 0 Å². The Kier molecular flexibility index (Phi) is 5.82. The highest BCUT2D eigenvalue weighted by atomic mass is 35.5. The number of hydrogen-bond acceptors (Lipinski definition) is 4. The Bertz CT molecular complexity index is 715. The molecule has 0 saturated carbocycles. The average Bonchev–Trinajstić information content (AvgIpc) is 2.55. The van der Waals surface area contributed by atoms with Crippen molar-refractivity contribution < 1.29 is 9.59 Å². The summed E-state index contributed by atoms with van der Waals surface area (Å²) in [6.45, 7) is 1.66. The molecule has 1 aromatic carbocycles. The Morgan fingerprint density at radius 2 is 1.96 bits per heavy atom. The number of aromatic nitrogens is 1. The average molecular weight is 331 g/mol. The van der Waals surface area contributed by atoms with Crippen LogP contribution in [-0.2, 0) is 4.79 Å². The lowest BCUT2D eigenvalue weighted by Gasteiger charge is -2.05. The highest BCUT2D eigenvalue weighted by Gasteiger charge is 2.07. The SMILES string of the molecule is CC(CC(=O)Nc1ccc(Cl)cc1)=NNC(=O)c1cccnc1. The molecular formula is C16H15ClN4O2. The van der Waals surface area contributed by atoms with E-state index in [9.17, 15) is 9.59 Å². The van der Waals surface area contributed by atoms with Gasteiger partial charge in [0.05, 0.1) is 12.0 Å². The van der Waals surface area contributed by atoms with Crippen molar-refractivity contribution in [2.45, 2.75) is 13.3 Å². The van der Waals surface area contributed by atoms with Crippen LogP contribution in [0, 0.1) is 0 Å². The third-order valence-corrected chi connectivity index (χ3v) is 3.07. The maximum absolute atomic E-state index is 11.9. The number of pyridine rings is 1. The fourth-order valence-electron chi connectivity index (χ4n) is 1.72. The van der Waals surface area contributed by atoms with Crippen molar-refractivity contribution in [1.29, 1.82) is 0 Å². The van der Waals surface area contributed by atoms with Gasteiger partial charge in [0.15, 0.2) is 0 Å². The van der Waals surface area contributed by atoms with Crippen LogP contribution >= 0.6 is 11.6 Å². The molecule has 0 spiro atoms. The Morgan fingerprint density at radius 3 is 2.61 bits per heavy atom. The third kappa shape index (κ3) is 5.52. The molecule has 118 valence electrons. The van der Waals surface area contributed by atoms with Gasteiger partial charge in [0.1, 0.15) is 0 Å². The largest absolute Gasteiger partial charge is 0.326 e. The first-order valence-electron chi connectivity index (χ1n) is 6.83. The van der Waals surface area contributed by atoms with Crippen LogP contribution in [0.5, 0.6) is 0 Å². The van der Waals surface area contributed by atoms with E-state index in [1.807, 2.05) is 0 Å². The second-order valence-electron chi connectivity index (χ2n) is 4.76. The predicted octanol–water partition coefficient (Wildman–Crippen LogP) is 2.87. The highest BCUT2D eigenvalue weighted by Crippen LogP contribution is 2.13. The third-order valence-electron chi connectivity index (χ3n) is 2.82. The summed E-state index contributed by atoms with van der Waals surface area (Å²) in [5.74, 6) is -0.611. The molecule has 0 fully saturated rings. The number of anilines is 1. The number of nitrogens with zero attached hydrogens (tertiary/aromatic N) is 2. The van der Waals surface area contributed by atoms with E-state index in [1.54, 1.807) is 49.5 Å². The summed E-state index contributed by atoms with van der Waals surface area (Å²) in [7, 11) is 0. The molecule has 0 bridgehead atoms. The van der Waals surface area contributed by atoms with Gasteiger partial charge in [-0.15, -0.1) is 0 Å². The minimum atomic E-state index is -0.379. The van der Waals surface area contributed by atoms with Crippen molar-refractivity contribution in [1.82, 2.24) is 10.4 Å². The van der Waals surface area contributed by atoms with Gasteiger partial charge in [0.2, 0.25) is 5.91 Å². The quantitative estimate of drug-likeness (QED) is 0.653. The van der Waals surface area contributed by atoms with Crippen molar-refractivity contribution >= 4 is 34.8 Å². The molecule has 2 amide bonds.